The van der Waals surface area contributed by atoms with E-state index in [4.69, 9.17) is 0 Å². The summed E-state index contributed by atoms with van der Waals surface area (Å²) in [5, 5.41) is 5.95. The summed E-state index contributed by atoms with van der Waals surface area (Å²) >= 11 is 3.43. The van der Waals surface area contributed by atoms with Crippen LogP contribution >= 0.6 is 15.9 Å². The van der Waals surface area contributed by atoms with E-state index in [1.807, 2.05) is 24.3 Å². The lowest BCUT2D eigenvalue weighted by Crippen LogP contribution is -2.41. The molecule has 0 unspecified atom stereocenters. The average Bonchev–Trinajstić information content (AvgIpc) is 2.62. The second-order valence-corrected chi connectivity index (χ2v) is 7.39. The lowest BCUT2D eigenvalue weighted by Gasteiger charge is -2.31. The molecule has 1 aliphatic rings. The van der Waals surface area contributed by atoms with Gasteiger partial charge in [0.15, 0.2) is 0 Å². The minimum atomic E-state index is 0.0198. The third-order valence-corrected chi connectivity index (χ3v) is 5.28. The largest absolute Gasteiger partial charge is 0.356 e. The Hall–Kier alpha value is -1.40. The number of amides is 2. The van der Waals surface area contributed by atoms with Crippen molar-refractivity contribution in [3.05, 3.63) is 28.7 Å². The number of carbonyl (C=O) groups is 2. The van der Waals surface area contributed by atoms with E-state index >= 15 is 0 Å². The van der Waals surface area contributed by atoms with Crippen LogP contribution in [0.5, 0.6) is 0 Å². The molecule has 1 aromatic carbocycles. The van der Waals surface area contributed by atoms with Crippen molar-refractivity contribution in [2.75, 3.05) is 31.5 Å². The number of halogens is 1. The van der Waals surface area contributed by atoms with Crippen LogP contribution in [0, 0.1) is 5.92 Å². The van der Waals surface area contributed by atoms with Gasteiger partial charge in [-0.2, -0.15) is 0 Å². The number of para-hydroxylation sites is 1. The van der Waals surface area contributed by atoms with Gasteiger partial charge in [-0.1, -0.05) is 25.5 Å². The number of hydrogen-bond donors (Lipinski definition) is 2. The van der Waals surface area contributed by atoms with Gasteiger partial charge in [0, 0.05) is 29.9 Å². The number of hydrogen-bond acceptors (Lipinski definition) is 3. The number of nitrogens with zero attached hydrogens (tertiary/aromatic N) is 1. The van der Waals surface area contributed by atoms with Crippen LogP contribution in [0.25, 0.3) is 0 Å². The van der Waals surface area contributed by atoms with Gasteiger partial charge in [0.05, 0.1) is 5.69 Å². The molecule has 2 rings (SSSR count). The summed E-state index contributed by atoms with van der Waals surface area (Å²) < 4.78 is 0.887. The number of piperidine rings is 1. The highest BCUT2D eigenvalue weighted by Crippen LogP contribution is 2.21. The Morgan fingerprint density at radius 1 is 1.24 bits per heavy atom. The van der Waals surface area contributed by atoms with Crippen LogP contribution in [0.2, 0.25) is 0 Å². The molecule has 0 radical (unpaired) electrons. The molecular formula is C19H28BrN3O2. The van der Waals surface area contributed by atoms with Gasteiger partial charge in [-0.25, -0.2) is 0 Å². The Balaban J connectivity index is 1.66. The molecule has 0 saturated carbocycles. The first-order valence-corrected chi connectivity index (χ1v) is 9.94. The fourth-order valence-electron chi connectivity index (χ4n) is 2.99. The number of anilines is 1. The molecule has 0 spiro atoms. The van der Waals surface area contributed by atoms with Crippen molar-refractivity contribution < 1.29 is 9.59 Å². The maximum Gasteiger partial charge on any atom is 0.225 e. The molecule has 1 fully saturated rings. The predicted molar refractivity (Wildman–Crippen MR) is 104 cm³/mol. The Morgan fingerprint density at radius 3 is 2.64 bits per heavy atom. The second kappa shape index (κ2) is 10.6. The van der Waals surface area contributed by atoms with Crippen molar-refractivity contribution >= 4 is 33.4 Å². The topological polar surface area (TPSA) is 61.4 Å². The van der Waals surface area contributed by atoms with E-state index in [1.165, 1.54) is 0 Å². The van der Waals surface area contributed by atoms with E-state index in [-0.39, 0.29) is 17.7 Å². The first kappa shape index (κ1) is 19.9. The van der Waals surface area contributed by atoms with Gasteiger partial charge < -0.3 is 15.5 Å². The molecule has 0 aliphatic carbocycles. The number of carbonyl (C=O) groups excluding carboxylic acids is 2. The number of unbranched alkanes of at least 4 members (excludes halogenated alkanes) is 1. The molecule has 5 nitrogen and oxygen atoms in total. The van der Waals surface area contributed by atoms with Crippen molar-refractivity contribution in [3.63, 3.8) is 0 Å². The van der Waals surface area contributed by atoms with Crippen LogP contribution in [0.3, 0.4) is 0 Å². The van der Waals surface area contributed by atoms with E-state index in [2.05, 4.69) is 38.4 Å². The summed E-state index contributed by atoms with van der Waals surface area (Å²) in [4.78, 5) is 26.5. The zero-order valence-electron chi connectivity index (χ0n) is 14.9. The molecule has 1 aliphatic heterocycles. The standard InChI is InChI=1S/C19H28BrN3O2/c1-2-3-11-21-19(25)15-8-12-23(13-9-15)14-10-18(24)22-17-7-5-4-6-16(17)20/h4-7,15H,2-3,8-14H2,1H3,(H,21,25)(H,22,24). The summed E-state index contributed by atoms with van der Waals surface area (Å²) in [6.07, 6.45) is 4.36. The van der Waals surface area contributed by atoms with E-state index < -0.39 is 0 Å². The number of nitrogens with one attached hydrogen (secondary N) is 2. The summed E-state index contributed by atoms with van der Waals surface area (Å²) in [7, 11) is 0. The monoisotopic (exact) mass is 409 g/mol. The smallest absolute Gasteiger partial charge is 0.225 e. The quantitative estimate of drug-likeness (QED) is 0.646. The lowest BCUT2D eigenvalue weighted by molar-refractivity contribution is -0.126. The van der Waals surface area contributed by atoms with Crippen LogP contribution in [0.1, 0.15) is 39.0 Å². The Morgan fingerprint density at radius 2 is 1.96 bits per heavy atom. The minimum absolute atomic E-state index is 0.0198. The first-order chi connectivity index (χ1) is 12.1. The highest BCUT2D eigenvalue weighted by molar-refractivity contribution is 9.10. The summed E-state index contributed by atoms with van der Waals surface area (Å²) in [6.45, 7) is 5.41. The Bertz CT molecular complexity index is 572. The average molecular weight is 410 g/mol. The van der Waals surface area contributed by atoms with Crippen molar-refractivity contribution in [3.8, 4) is 0 Å². The number of rotatable bonds is 8. The third-order valence-electron chi connectivity index (χ3n) is 4.59. The maximum atomic E-state index is 12.1. The Labute approximate surface area is 158 Å². The maximum absolute atomic E-state index is 12.1. The molecule has 2 amide bonds. The van der Waals surface area contributed by atoms with Crippen LogP contribution < -0.4 is 10.6 Å². The van der Waals surface area contributed by atoms with Crippen molar-refractivity contribution in [2.45, 2.75) is 39.0 Å². The van der Waals surface area contributed by atoms with E-state index in [0.29, 0.717) is 6.42 Å². The first-order valence-electron chi connectivity index (χ1n) is 9.14. The highest BCUT2D eigenvalue weighted by atomic mass is 79.9. The summed E-state index contributed by atoms with van der Waals surface area (Å²) in [6, 6.07) is 7.61. The minimum Gasteiger partial charge on any atom is -0.356 e. The SMILES string of the molecule is CCCCNC(=O)C1CCN(CCC(=O)Nc2ccccc2Br)CC1. The van der Waals surface area contributed by atoms with Crippen molar-refractivity contribution in [1.82, 2.24) is 10.2 Å². The van der Waals surface area contributed by atoms with Gasteiger partial charge in [0.25, 0.3) is 0 Å². The normalized spacial score (nSPS) is 15.8. The molecule has 1 heterocycles. The molecule has 6 heteroatoms. The zero-order valence-corrected chi connectivity index (χ0v) is 16.5. The fraction of sp³-hybridized carbons (Fsp3) is 0.579. The van der Waals surface area contributed by atoms with Gasteiger partial charge in [0.1, 0.15) is 0 Å². The van der Waals surface area contributed by atoms with E-state index in [0.717, 1.165) is 62.0 Å². The third kappa shape index (κ3) is 6.78. The zero-order chi connectivity index (χ0) is 18.1. The second-order valence-electron chi connectivity index (χ2n) is 6.54. The van der Waals surface area contributed by atoms with Crippen LogP contribution in [-0.2, 0) is 9.59 Å². The molecule has 1 aromatic rings. The van der Waals surface area contributed by atoms with Crippen molar-refractivity contribution in [1.29, 1.82) is 0 Å². The molecule has 2 N–H and O–H groups in total. The fourth-order valence-corrected chi connectivity index (χ4v) is 3.37. The molecule has 25 heavy (non-hydrogen) atoms. The van der Waals surface area contributed by atoms with Gasteiger partial charge in [0.2, 0.25) is 11.8 Å². The molecule has 0 atom stereocenters. The number of likely N-dealkylation sites (tertiary alicyclic amines) is 1. The van der Waals surface area contributed by atoms with Crippen LogP contribution in [0.15, 0.2) is 28.7 Å². The van der Waals surface area contributed by atoms with Crippen molar-refractivity contribution in [2.24, 2.45) is 5.92 Å². The van der Waals surface area contributed by atoms with Gasteiger partial charge in [-0.05, 0) is 60.4 Å². The van der Waals surface area contributed by atoms with E-state index in [1.54, 1.807) is 0 Å². The molecule has 138 valence electrons. The Kier molecular flexibility index (Phi) is 8.41. The molecule has 0 aromatic heterocycles. The highest BCUT2D eigenvalue weighted by Gasteiger charge is 2.24. The molecular weight excluding hydrogens is 382 g/mol. The molecule has 1 saturated heterocycles. The summed E-state index contributed by atoms with van der Waals surface area (Å²) in [5.74, 6) is 0.341. The van der Waals surface area contributed by atoms with Gasteiger partial charge in [-0.15, -0.1) is 0 Å². The number of benzene rings is 1. The van der Waals surface area contributed by atoms with Gasteiger partial charge >= 0.3 is 0 Å². The molecule has 0 bridgehead atoms. The van der Waals surface area contributed by atoms with Crippen LogP contribution in [0.4, 0.5) is 5.69 Å². The van der Waals surface area contributed by atoms with E-state index in [9.17, 15) is 9.59 Å². The lowest BCUT2D eigenvalue weighted by atomic mass is 9.95. The summed E-state index contributed by atoms with van der Waals surface area (Å²) in [5.41, 5.74) is 0.801. The predicted octanol–water partition coefficient (Wildman–Crippen LogP) is 3.41. The van der Waals surface area contributed by atoms with Crippen LogP contribution in [-0.4, -0.2) is 42.9 Å². The van der Waals surface area contributed by atoms with Gasteiger partial charge in [-0.3, -0.25) is 9.59 Å².